The standard InChI is InChI=1S/C33H34F2N5O2P/c1-21-19-25(35)10-12-27(21)37-33-38-29-13-11-26-22(2)28(36-32(41)30(26)31(29)39(33)3)5-4-14-40-15-17-43(42,18-16-40)20-23-6-8-24(34)9-7-23/h4-13,19H,14-18,20H2,1-3H3,(H,36,41)(H,37,38)/b5-4+. The van der Waals surface area contributed by atoms with Crippen LogP contribution < -0.4 is 10.9 Å². The van der Waals surface area contributed by atoms with Crippen LogP contribution in [-0.2, 0) is 17.8 Å². The fraction of sp³-hybridized carbons (Fsp3) is 0.273. The van der Waals surface area contributed by atoms with E-state index in [-0.39, 0.29) is 17.2 Å². The molecule has 0 atom stereocenters. The fourth-order valence-electron chi connectivity index (χ4n) is 5.89. The van der Waals surface area contributed by atoms with Gasteiger partial charge in [-0.15, -0.1) is 0 Å². The molecule has 7 nitrogen and oxygen atoms in total. The SMILES string of the molecule is Cc1cc(F)ccc1Nc1nc2ccc3c(C)c(/C=C/CN4CCP(=O)(Cc5ccc(F)cc5)CC4)[nH]c(=O)c3c2n1C. The lowest BCUT2D eigenvalue weighted by Gasteiger charge is -2.31. The monoisotopic (exact) mass is 601 g/mol. The summed E-state index contributed by atoms with van der Waals surface area (Å²) in [6.45, 7) is 5.99. The number of benzene rings is 3. The summed E-state index contributed by atoms with van der Waals surface area (Å²) in [5, 5.41) is 4.69. The lowest BCUT2D eigenvalue weighted by Crippen LogP contribution is -2.35. The van der Waals surface area contributed by atoms with Crippen molar-refractivity contribution in [2.75, 3.05) is 37.3 Å². The summed E-state index contributed by atoms with van der Waals surface area (Å²) in [5.41, 5.74) is 5.34. The Morgan fingerprint density at radius 2 is 1.74 bits per heavy atom. The van der Waals surface area contributed by atoms with Crippen molar-refractivity contribution in [1.29, 1.82) is 0 Å². The van der Waals surface area contributed by atoms with Crippen molar-refractivity contribution in [2.45, 2.75) is 20.0 Å². The van der Waals surface area contributed by atoms with Crippen LogP contribution in [0.25, 0.3) is 27.9 Å². The molecule has 1 aliphatic rings. The Morgan fingerprint density at radius 1 is 1.02 bits per heavy atom. The predicted molar refractivity (Wildman–Crippen MR) is 171 cm³/mol. The van der Waals surface area contributed by atoms with Crippen molar-refractivity contribution in [3.8, 4) is 0 Å². The van der Waals surface area contributed by atoms with Gasteiger partial charge in [0.05, 0.1) is 23.6 Å². The molecule has 10 heteroatoms. The van der Waals surface area contributed by atoms with Gasteiger partial charge in [-0.05, 0) is 78.4 Å². The Labute approximate surface area is 248 Å². The van der Waals surface area contributed by atoms with E-state index in [4.69, 9.17) is 4.98 Å². The highest BCUT2D eigenvalue weighted by molar-refractivity contribution is 7.63. The van der Waals surface area contributed by atoms with Crippen LogP contribution >= 0.6 is 7.14 Å². The molecule has 2 aromatic heterocycles. The molecule has 0 bridgehead atoms. The zero-order valence-corrected chi connectivity index (χ0v) is 25.3. The van der Waals surface area contributed by atoms with Crippen molar-refractivity contribution in [3.05, 3.63) is 105 Å². The van der Waals surface area contributed by atoms with Gasteiger partial charge in [0.25, 0.3) is 5.56 Å². The van der Waals surface area contributed by atoms with Gasteiger partial charge >= 0.3 is 0 Å². The zero-order valence-electron chi connectivity index (χ0n) is 24.5. The number of fused-ring (bicyclic) bond motifs is 3. The number of hydrogen-bond acceptors (Lipinski definition) is 5. The van der Waals surface area contributed by atoms with Crippen LogP contribution in [0.4, 0.5) is 20.4 Å². The molecule has 0 aliphatic carbocycles. The summed E-state index contributed by atoms with van der Waals surface area (Å²) in [6, 6.07) is 14.7. The van der Waals surface area contributed by atoms with Crippen molar-refractivity contribution < 1.29 is 13.3 Å². The summed E-state index contributed by atoms with van der Waals surface area (Å²) in [7, 11) is -0.473. The summed E-state index contributed by atoms with van der Waals surface area (Å²) < 4.78 is 42.0. The molecule has 0 unspecified atom stereocenters. The first-order chi connectivity index (χ1) is 20.6. The van der Waals surface area contributed by atoms with Crippen LogP contribution in [-0.4, -0.2) is 51.4 Å². The molecule has 2 N–H and O–H groups in total. The number of H-pyrrole nitrogens is 1. The molecule has 43 heavy (non-hydrogen) atoms. The molecule has 222 valence electrons. The van der Waals surface area contributed by atoms with Crippen LogP contribution in [0.3, 0.4) is 0 Å². The summed E-state index contributed by atoms with van der Waals surface area (Å²) >= 11 is 0. The summed E-state index contributed by atoms with van der Waals surface area (Å²) in [5.74, 6) is -0.0231. The molecular formula is C33H34F2N5O2P. The molecular weight excluding hydrogens is 567 g/mol. The van der Waals surface area contributed by atoms with Gasteiger partial charge in [0, 0.05) is 56.5 Å². The number of pyridine rings is 1. The van der Waals surface area contributed by atoms with E-state index in [9.17, 15) is 18.1 Å². The van der Waals surface area contributed by atoms with E-state index < -0.39 is 7.14 Å². The zero-order chi connectivity index (χ0) is 30.3. The molecule has 0 amide bonds. The number of aryl methyl sites for hydroxylation is 3. The first kappa shape index (κ1) is 29.0. The van der Waals surface area contributed by atoms with Gasteiger partial charge in [0.2, 0.25) is 5.95 Å². The maximum Gasteiger partial charge on any atom is 0.258 e. The first-order valence-corrected chi connectivity index (χ1v) is 16.6. The maximum absolute atomic E-state index is 13.6. The molecule has 0 saturated carbocycles. The van der Waals surface area contributed by atoms with E-state index >= 15 is 0 Å². The number of hydrogen-bond donors (Lipinski definition) is 2. The van der Waals surface area contributed by atoms with Crippen LogP contribution in [0.2, 0.25) is 0 Å². The second-order valence-electron chi connectivity index (χ2n) is 11.4. The van der Waals surface area contributed by atoms with E-state index in [1.54, 1.807) is 18.2 Å². The van der Waals surface area contributed by atoms with Gasteiger partial charge in [0.1, 0.15) is 11.6 Å². The maximum atomic E-state index is 13.6. The van der Waals surface area contributed by atoms with Crippen molar-refractivity contribution in [1.82, 2.24) is 19.4 Å². The summed E-state index contributed by atoms with van der Waals surface area (Å²) in [6.07, 6.45) is 5.78. The normalized spacial score (nSPS) is 15.6. The van der Waals surface area contributed by atoms with Gasteiger partial charge in [-0.3, -0.25) is 9.69 Å². The van der Waals surface area contributed by atoms with E-state index in [1.165, 1.54) is 24.3 Å². The van der Waals surface area contributed by atoms with E-state index in [0.29, 0.717) is 41.9 Å². The van der Waals surface area contributed by atoms with Gasteiger partial charge in [0.15, 0.2) is 0 Å². The number of anilines is 2. The molecule has 5 aromatic rings. The molecule has 3 aromatic carbocycles. The van der Waals surface area contributed by atoms with Crippen LogP contribution in [0.15, 0.2) is 65.5 Å². The quantitative estimate of drug-likeness (QED) is 0.198. The molecule has 3 heterocycles. The molecule has 0 radical (unpaired) electrons. The number of nitrogens with zero attached hydrogens (tertiary/aromatic N) is 3. The fourth-order valence-corrected chi connectivity index (χ4v) is 8.60. The number of imidazole rings is 1. The minimum Gasteiger partial charge on any atom is -0.325 e. The first-order valence-electron chi connectivity index (χ1n) is 14.4. The van der Waals surface area contributed by atoms with Crippen LogP contribution in [0, 0.1) is 25.5 Å². The average Bonchev–Trinajstić information content (AvgIpc) is 3.29. The predicted octanol–water partition coefficient (Wildman–Crippen LogP) is 6.95. The number of aromatic amines is 1. The Hall–Kier alpha value is -4.07. The lowest BCUT2D eigenvalue weighted by molar-refractivity contribution is 0.326. The molecule has 1 saturated heterocycles. The van der Waals surface area contributed by atoms with Crippen molar-refractivity contribution in [3.63, 3.8) is 0 Å². The smallest absolute Gasteiger partial charge is 0.258 e. The van der Waals surface area contributed by atoms with Gasteiger partial charge in [-0.25, -0.2) is 13.8 Å². The Balaban J connectivity index is 1.18. The summed E-state index contributed by atoms with van der Waals surface area (Å²) in [4.78, 5) is 23.5. The number of nitrogens with one attached hydrogen (secondary N) is 2. The minimum absolute atomic E-state index is 0.196. The van der Waals surface area contributed by atoms with Crippen molar-refractivity contribution in [2.24, 2.45) is 7.05 Å². The third-order valence-electron chi connectivity index (χ3n) is 8.43. The van der Waals surface area contributed by atoms with E-state index in [1.807, 2.05) is 49.7 Å². The van der Waals surface area contributed by atoms with Crippen molar-refractivity contribution >= 4 is 46.7 Å². The molecule has 1 fully saturated rings. The highest BCUT2D eigenvalue weighted by atomic mass is 31.2. The minimum atomic E-state index is -2.33. The molecule has 6 rings (SSSR count). The third kappa shape index (κ3) is 5.92. The Kier molecular flexibility index (Phi) is 7.79. The molecule has 1 aliphatic heterocycles. The van der Waals surface area contributed by atoms with E-state index in [2.05, 4.69) is 15.2 Å². The van der Waals surface area contributed by atoms with Crippen LogP contribution in [0.5, 0.6) is 0 Å². The lowest BCUT2D eigenvalue weighted by atomic mass is 10.0. The molecule has 0 spiro atoms. The van der Waals surface area contributed by atoms with Crippen LogP contribution in [0.1, 0.15) is 22.4 Å². The average molecular weight is 602 g/mol. The number of aromatic nitrogens is 3. The Bertz CT molecular complexity index is 1970. The second-order valence-corrected chi connectivity index (χ2v) is 14.7. The Morgan fingerprint density at radius 3 is 2.47 bits per heavy atom. The number of rotatable bonds is 7. The third-order valence-corrected chi connectivity index (χ3v) is 11.4. The topological polar surface area (TPSA) is 83.0 Å². The van der Waals surface area contributed by atoms with Gasteiger partial charge < -0.3 is 19.4 Å². The second kappa shape index (κ2) is 11.5. The van der Waals surface area contributed by atoms with Gasteiger partial charge in [-0.2, -0.15) is 0 Å². The highest BCUT2D eigenvalue weighted by Gasteiger charge is 2.28. The van der Waals surface area contributed by atoms with Gasteiger partial charge in [-0.1, -0.05) is 24.3 Å². The number of halogens is 2. The van der Waals surface area contributed by atoms with E-state index in [0.717, 1.165) is 52.1 Å². The highest BCUT2D eigenvalue weighted by Crippen LogP contribution is 2.50. The largest absolute Gasteiger partial charge is 0.325 e.